The Kier molecular flexibility index (Phi) is 6.76. The number of carboxylic acid groups (broad SMARTS) is 1. The van der Waals surface area contributed by atoms with Gasteiger partial charge in [0.2, 0.25) is 5.91 Å². The molecule has 1 atom stereocenters. The van der Waals surface area contributed by atoms with Crippen molar-refractivity contribution in [2.24, 2.45) is 5.92 Å². The quantitative estimate of drug-likeness (QED) is 0.735. The third-order valence-electron chi connectivity index (χ3n) is 3.78. The van der Waals surface area contributed by atoms with Crippen molar-refractivity contribution in [2.45, 2.75) is 70.8 Å². The Balaban J connectivity index is 2.14. The fraction of sp³-hybridized carbons (Fsp3) is 0.857. The summed E-state index contributed by atoms with van der Waals surface area (Å²) in [7, 11) is 0. The lowest BCUT2D eigenvalue weighted by Crippen LogP contribution is -2.40. The maximum Gasteiger partial charge on any atom is 0.326 e. The third kappa shape index (κ3) is 5.52. The highest BCUT2D eigenvalue weighted by Crippen LogP contribution is 2.27. The van der Waals surface area contributed by atoms with Gasteiger partial charge in [-0.3, -0.25) is 4.79 Å². The number of carbonyl (C=O) groups is 2. The lowest BCUT2D eigenvalue weighted by molar-refractivity contribution is -0.141. The summed E-state index contributed by atoms with van der Waals surface area (Å²) >= 11 is 0. The molecule has 1 fully saturated rings. The molecular weight excluding hydrogens is 230 g/mol. The van der Waals surface area contributed by atoms with Crippen LogP contribution in [-0.2, 0) is 9.59 Å². The SMILES string of the molecule is CCC(NC(=O)CCCC1CCCCC1)C(=O)O. The lowest BCUT2D eigenvalue weighted by atomic mass is 9.86. The van der Waals surface area contributed by atoms with E-state index in [2.05, 4.69) is 5.32 Å². The Labute approximate surface area is 109 Å². The van der Waals surface area contributed by atoms with E-state index in [1.54, 1.807) is 6.92 Å². The lowest BCUT2D eigenvalue weighted by Gasteiger charge is -2.21. The van der Waals surface area contributed by atoms with Gasteiger partial charge in [-0.25, -0.2) is 4.79 Å². The molecule has 0 bridgehead atoms. The van der Waals surface area contributed by atoms with Gasteiger partial charge in [-0.1, -0.05) is 39.0 Å². The molecular formula is C14H25NO3. The van der Waals surface area contributed by atoms with Crippen molar-refractivity contribution in [3.8, 4) is 0 Å². The molecule has 1 aliphatic rings. The molecule has 2 N–H and O–H groups in total. The molecule has 0 spiro atoms. The van der Waals surface area contributed by atoms with E-state index in [0.717, 1.165) is 18.8 Å². The van der Waals surface area contributed by atoms with E-state index in [1.165, 1.54) is 32.1 Å². The van der Waals surface area contributed by atoms with Crippen LogP contribution in [0, 0.1) is 5.92 Å². The predicted molar refractivity (Wildman–Crippen MR) is 70.3 cm³/mol. The standard InChI is InChI=1S/C14H25NO3/c1-2-12(14(17)18)15-13(16)10-6-9-11-7-4-3-5-8-11/h11-12H,2-10H2,1H3,(H,15,16)(H,17,18). The molecule has 4 heteroatoms. The van der Waals surface area contributed by atoms with Crippen LogP contribution >= 0.6 is 0 Å². The van der Waals surface area contributed by atoms with Crippen molar-refractivity contribution in [1.29, 1.82) is 0 Å². The second-order valence-electron chi connectivity index (χ2n) is 5.26. The summed E-state index contributed by atoms with van der Waals surface area (Å²) in [6, 6.07) is -0.729. The van der Waals surface area contributed by atoms with Gasteiger partial charge in [0.15, 0.2) is 0 Å². The fourth-order valence-corrected chi connectivity index (χ4v) is 2.63. The van der Waals surface area contributed by atoms with Gasteiger partial charge in [0.25, 0.3) is 0 Å². The summed E-state index contributed by atoms with van der Waals surface area (Å²) in [4.78, 5) is 22.4. The molecule has 1 aliphatic carbocycles. The van der Waals surface area contributed by atoms with Crippen molar-refractivity contribution >= 4 is 11.9 Å². The third-order valence-corrected chi connectivity index (χ3v) is 3.78. The average Bonchev–Trinajstić information content (AvgIpc) is 2.37. The molecule has 1 amide bonds. The Morgan fingerprint density at radius 1 is 1.28 bits per heavy atom. The van der Waals surface area contributed by atoms with Gasteiger partial charge in [0.05, 0.1) is 0 Å². The number of carboxylic acids is 1. The normalized spacial score (nSPS) is 18.3. The molecule has 0 heterocycles. The zero-order valence-electron chi connectivity index (χ0n) is 11.3. The van der Waals surface area contributed by atoms with Crippen LogP contribution in [0.25, 0.3) is 0 Å². The molecule has 0 aliphatic heterocycles. The topological polar surface area (TPSA) is 66.4 Å². The number of rotatable bonds is 7. The van der Waals surface area contributed by atoms with E-state index in [9.17, 15) is 9.59 Å². The second kappa shape index (κ2) is 8.11. The summed E-state index contributed by atoms with van der Waals surface area (Å²) in [5.74, 6) is -0.286. The smallest absolute Gasteiger partial charge is 0.326 e. The molecule has 1 rings (SSSR count). The van der Waals surface area contributed by atoms with Crippen LogP contribution in [0.4, 0.5) is 0 Å². The minimum absolute atomic E-state index is 0.125. The Morgan fingerprint density at radius 3 is 2.50 bits per heavy atom. The second-order valence-corrected chi connectivity index (χ2v) is 5.26. The maximum absolute atomic E-state index is 11.6. The predicted octanol–water partition coefficient (Wildman–Crippen LogP) is 2.72. The molecule has 0 aromatic heterocycles. The molecule has 1 unspecified atom stereocenters. The first kappa shape index (κ1) is 15.0. The minimum atomic E-state index is -0.946. The van der Waals surface area contributed by atoms with Gasteiger partial charge in [-0.15, -0.1) is 0 Å². The molecule has 18 heavy (non-hydrogen) atoms. The maximum atomic E-state index is 11.6. The van der Waals surface area contributed by atoms with E-state index in [4.69, 9.17) is 5.11 Å². The monoisotopic (exact) mass is 255 g/mol. The van der Waals surface area contributed by atoms with Crippen molar-refractivity contribution in [1.82, 2.24) is 5.32 Å². The molecule has 0 aromatic carbocycles. The van der Waals surface area contributed by atoms with E-state index in [0.29, 0.717) is 12.8 Å². The first-order valence-corrected chi connectivity index (χ1v) is 7.15. The van der Waals surface area contributed by atoms with Gasteiger partial charge in [-0.2, -0.15) is 0 Å². The van der Waals surface area contributed by atoms with Crippen LogP contribution < -0.4 is 5.32 Å². The van der Waals surface area contributed by atoms with Crippen LogP contribution in [0.5, 0.6) is 0 Å². The van der Waals surface area contributed by atoms with Crippen molar-refractivity contribution in [2.75, 3.05) is 0 Å². The Morgan fingerprint density at radius 2 is 1.94 bits per heavy atom. The van der Waals surface area contributed by atoms with Crippen molar-refractivity contribution in [3.63, 3.8) is 0 Å². The molecule has 0 aromatic rings. The highest BCUT2D eigenvalue weighted by Gasteiger charge is 2.18. The average molecular weight is 255 g/mol. The summed E-state index contributed by atoms with van der Waals surface area (Å²) < 4.78 is 0. The van der Waals surface area contributed by atoms with Crippen LogP contribution in [0.2, 0.25) is 0 Å². The Bertz CT molecular complexity index is 272. The van der Waals surface area contributed by atoms with E-state index in [-0.39, 0.29) is 5.91 Å². The zero-order chi connectivity index (χ0) is 13.4. The van der Waals surface area contributed by atoms with Gasteiger partial charge < -0.3 is 10.4 Å². The Hall–Kier alpha value is -1.06. The summed E-state index contributed by atoms with van der Waals surface area (Å²) in [6.45, 7) is 1.76. The van der Waals surface area contributed by atoms with Crippen LogP contribution in [0.15, 0.2) is 0 Å². The zero-order valence-corrected chi connectivity index (χ0v) is 11.3. The van der Waals surface area contributed by atoms with E-state index in [1.807, 2.05) is 0 Å². The molecule has 0 radical (unpaired) electrons. The van der Waals surface area contributed by atoms with Crippen LogP contribution in [0.1, 0.15) is 64.7 Å². The van der Waals surface area contributed by atoms with E-state index < -0.39 is 12.0 Å². The van der Waals surface area contributed by atoms with Crippen LogP contribution in [-0.4, -0.2) is 23.0 Å². The van der Waals surface area contributed by atoms with Crippen molar-refractivity contribution < 1.29 is 14.7 Å². The number of hydrogen-bond donors (Lipinski definition) is 2. The van der Waals surface area contributed by atoms with E-state index >= 15 is 0 Å². The molecule has 104 valence electrons. The number of carbonyl (C=O) groups excluding carboxylic acids is 1. The molecule has 1 saturated carbocycles. The van der Waals surface area contributed by atoms with Crippen molar-refractivity contribution in [3.05, 3.63) is 0 Å². The first-order chi connectivity index (χ1) is 8.63. The number of amides is 1. The summed E-state index contributed by atoms with van der Waals surface area (Å²) in [5.41, 5.74) is 0. The van der Waals surface area contributed by atoms with Gasteiger partial charge >= 0.3 is 5.97 Å². The molecule has 4 nitrogen and oxygen atoms in total. The number of aliphatic carboxylic acids is 1. The minimum Gasteiger partial charge on any atom is -0.480 e. The number of hydrogen-bond acceptors (Lipinski definition) is 2. The van der Waals surface area contributed by atoms with Gasteiger partial charge in [0.1, 0.15) is 6.04 Å². The van der Waals surface area contributed by atoms with Crippen LogP contribution in [0.3, 0.4) is 0 Å². The van der Waals surface area contributed by atoms with Gasteiger partial charge in [-0.05, 0) is 25.2 Å². The highest BCUT2D eigenvalue weighted by atomic mass is 16.4. The highest BCUT2D eigenvalue weighted by molar-refractivity contribution is 5.83. The summed E-state index contributed by atoms with van der Waals surface area (Å²) in [5, 5.41) is 11.4. The fourth-order valence-electron chi connectivity index (χ4n) is 2.63. The summed E-state index contributed by atoms with van der Waals surface area (Å²) in [6.07, 6.45) is 9.49. The molecule has 0 saturated heterocycles. The van der Waals surface area contributed by atoms with Gasteiger partial charge in [0, 0.05) is 6.42 Å². The first-order valence-electron chi connectivity index (χ1n) is 7.15. The largest absolute Gasteiger partial charge is 0.480 e. The number of nitrogens with one attached hydrogen (secondary N) is 1.